The quantitative estimate of drug-likeness (QED) is 0.845. The van der Waals surface area contributed by atoms with Crippen molar-refractivity contribution in [1.29, 1.82) is 0 Å². The summed E-state index contributed by atoms with van der Waals surface area (Å²) >= 11 is 1.31. The first-order valence-corrected chi connectivity index (χ1v) is 7.39. The molecule has 1 fully saturated rings. The second-order valence-electron chi connectivity index (χ2n) is 4.38. The van der Waals surface area contributed by atoms with Crippen LogP contribution in [-0.2, 0) is 6.42 Å². The molecule has 0 unspecified atom stereocenters. The van der Waals surface area contributed by atoms with E-state index in [1.807, 2.05) is 0 Å². The van der Waals surface area contributed by atoms with Gasteiger partial charge in [-0.05, 0) is 24.8 Å². The Kier molecular flexibility index (Phi) is 4.97. The normalized spacial score (nSPS) is 17.1. The van der Waals surface area contributed by atoms with Crippen LogP contribution in [0.4, 0.5) is 8.78 Å². The van der Waals surface area contributed by atoms with Crippen molar-refractivity contribution in [2.24, 2.45) is 0 Å². The number of thioether (sulfide) groups is 1. The lowest BCUT2D eigenvalue weighted by molar-refractivity contribution is 0.242. The van der Waals surface area contributed by atoms with Gasteiger partial charge >= 0.3 is 0 Å². The fourth-order valence-electron chi connectivity index (χ4n) is 2.17. The van der Waals surface area contributed by atoms with Crippen molar-refractivity contribution >= 4 is 11.8 Å². The zero-order valence-electron chi connectivity index (χ0n) is 10.5. The SMILES string of the molecule is CSc1ccc(F)c(CCN2CCNCC2)c1F. The highest BCUT2D eigenvalue weighted by atomic mass is 32.2. The minimum absolute atomic E-state index is 0.223. The highest BCUT2D eigenvalue weighted by Gasteiger charge is 2.15. The number of rotatable bonds is 4. The van der Waals surface area contributed by atoms with E-state index in [0.29, 0.717) is 17.9 Å². The fourth-order valence-corrected chi connectivity index (χ4v) is 2.67. The summed E-state index contributed by atoms with van der Waals surface area (Å²) in [5.41, 5.74) is 0.223. The minimum Gasteiger partial charge on any atom is -0.314 e. The van der Waals surface area contributed by atoms with Gasteiger partial charge < -0.3 is 10.2 Å². The van der Waals surface area contributed by atoms with E-state index in [0.717, 1.165) is 26.2 Å². The average Bonchev–Trinajstić information content (AvgIpc) is 2.40. The van der Waals surface area contributed by atoms with Crippen LogP contribution in [-0.4, -0.2) is 43.9 Å². The summed E-state index contributed by atoms with van der Waals surface area (Å²) in [6.07, 6.45) is 2.24. The maximum Gasteiger partial charge on any atom is 0.142 e. The number of nitrogens with one attached hydrogen (secondary N) is 1. The summed E-state index contributed by atoms with van der Waals surface area (Å²) < 4.78 is 27.6. The van der Waals surface area contributed by atoms with Gasteiger partial charge in [0.15, 0.2) is 0 Å². The first-order valence-electron chi connectivity index (χ1n) is 6.16. The van der Waals surface area contributed by atoms with Gasteiger partial charge in [-0.2, -0.15) is 0 Å². The van der Waals surface area contributed by atoms with Crippen molar-refractivity contribution in [1.82, 2.24) is 10.2 Å². The molecule has 1 heterocycles. The summed E-state index contributed by atoms with van der Waals surface area (Å²) in [7, 11) is 0. The van der Waals surface area contributed by atoms with Crippen molar-refractivity contribution in [3.05, 3.63) is 29.3 Å². The van der Waals surface area contributed by atoms with Gasteiger partial charge in [0, 0.05) is 43.2 Å². The Morgan fingerprint density at radius 2 is 2.00 bits per heavy atom. The monoisotopic (exact) mass is 272 g/mol. The number of hydrogen-bond donors (Lipinski definition) is 1. The molecule has 2 rings (SSSR count). The maximum atomic E-state index is 14.0. The molecular formula is C13H18F2N2S. The van der Waals surface area contributed by atoms with E-state index < -0.39 is 11.6 Å². The Balaban J connectivity index is 2.03. The highest BCUT2D eigenvalue weighted by Crippen LogP contribution is 2.24. The molecule has 0 bridgehead atoms. The van der Waals surface area contributed by atoms with Crippen LogP contribution in [0.5, 0.6) is 0 Å². The molecule has 0 radical (unpaired) electrons. The molecule has 1 aliphatic heterocycles. The number of nitrogens with zero attached hydrogens (tertiary/aromatic N) is 1. The zero-order valence-corrected chi connectivity index (χ0v) is 11.3. The molecule has 1 aliphatic rings. The molecular weight excluding hydrogens is 254 g/mol. The van der Waals surface area contributed by atoms with Crippen LogP contribution in [0.25, 0.3) is 0 Å². The van der Waals surface area contributed by atoms with Gasteiger partial charge in [-0.25, -0.2) is 8.78 Å². The lowest BCUT2D eigenvalue weighted by atomic mass is 10.1. The van der Waals surface area contributed by atoms with Crippen molar-refractivity contribution in [2.75, 3.05) is 39.0 Å². The van der Waals surface area contributed by atoms with Crippen LogP contribution in [0.15, 0.2) is 17.0 Å². The molecule has 18 heavy (non-hydrogen) atoms. The third-order valence-electron chi connectivity index (χ3n) is 3.26. The van der Waals surface area contributed by atoms with Crippen molar-refractivity contribution in [3.8, 4) is 0 Å². The largest absolute Gasteiger partial charge is 0.314 e. The standard InChI is InChI=1S/C13H18F2N2S/c1-18-12-3-2-11(14)10(13(12)15)4-7-17-8-5-16-6-9-17/h2-3,16H,4-9H2,1H3. The number of benzene rings is 1. The Hall–Kier alpha value is -0.650. The summed E-state index contributed by atoms with van der Waals surface area (Å²) in [4.78, 5) is 2.76. The van der Waals surface area contributed by atoms with Gasteiger partial charge in [0.25, 0.3) is 0 Å². The second kappa shape index (κ2) is 6.50. The fraction of sp³-hybridized carbons (Fsp3) is 0.538. The minimum atomic E-state index is -0.430. The molecule has 1 aromatic rings. The van der Waals surface area contributed by atoms with Crippen LogP contribution >= 0.6 is 11.8 Å². The molecule has 0 aromatic heterocycles. The van der Waals surface area contributed by atoms with Gasteiger partial charge in [-0.3, -0.25) is 0 Å². The summed E-state index contributed by atoms with van der Waals surface area (Å²) in [6.45, 7) is 4.52. The smallest absolute Gasteiger partial charge is 0.142 e. The predicted octanol–water partition coefficient (Wildman–Crippen LogP) is 2.13. The predicted molar refractivity (Wildman–Crippen MR) is 71.2 cm³/mol. The lowest BCUT2D eigenvalue weighted by Gasteiger charge is -2.27. The van der Waals surface area contributed by atoms with E-state index in [4.69, 9.17) is 0 Å². The number of halogens is 2. The first-order chi connectivity index (χ1) is 8.72. The van der Waals surface area contributed by atoms with Gasteiger partial charge in [0.2, 0.25) is 0 Å². The molecule has 1 N–H and O–H groups in total. The summed E-state index contributed by atoms with van der Waals surface area (Å²) in [5.74, 6) is -0.821. The van der Waals surface area contributed by atoms with Gasteiger partial charge in [-0.1, -0.05) is 0 Å². The van der Waals surface area contributed by atoms with Crippen LogP contribution in [0, 0.1) is 11.6 Å². The van der Waals surface area contributed by atoms with E-state index in [1.54, 1.807) is 6.26 Å². The third kappa shape index (κ3) is 3.22. The van der Waals surface area contributed by atoms with Gasteiger partial charge in [0.05, 0.1) is 0 Å². The molecule has 0 saturated carbocycles. The molecule has 5 heteroatoms. The number of hydrogen-bond acceptors (Lipinski definition) is 3. The van der Waals surface area contributed by atoms with Crippen LogP contribution in [0.2, 0.25) is 0 Å². The molecule has 1 saturated heterocycles. The topological polar surface area (TPSA) is 15.3 Å². The summed E-state index contributed by atoms with van der Waals surface area (Å²) in [5, 5.41) is 3.26. The highest BCUT2D eigenvalue weighted by molar-refractivity contribution is 7.98. The Morgan fingerprint density at radius 1 is 1.28 bits per heavy atom. The van der Waals surface area contributed by atoms with Crippen molar-refractivity contribution in [3.63, 3.8) is 0 Å². The molecule has 100 valence electrons. The maximum absolute atomic E-state index is 14.0. The van der Waals surface area contributed by atoms with Crippen LogP contribution in [0.3, 0.4) is 0 Å². The van der Waals surface area contributed by atoms with Gasteiger partial charge in [-0.15, -0.1) is 11.8 Å². The first kappa shape index (κ1) is 13.8. The Labute approximate surface area is 111 Å². The van der Waals surface area contributed by atoms with E-state index in [2.05, 4.69) is 10.2 Å². The van der Waals surface area contributed by atoms with E-state index >= 15 is 0 Å². The molecule has 0 spiro atoms. The van der Waals surface area contributed by atoms with Gasteiger partial charge in [0.1, 0.15) is 11.6 Å². The molecule has 0 amide bonds. The lowest BCUT2D eigenvalue weighted by Crippen LogP contribution is -2.44. The van der Waals surface area contributed by atoms with Crippen LogP contribution < -0.4 is 5.32 Å². The molecule has 0 atom stereocenters. The van der Waals surface area contributed by atoms with Crippen molar-refractivity contribution < 1.29 is 8.78 Å². The van der Waals surface area contributed by atoms with E-state index in [1.165, 1.54) is 23.9 Å². The molecule has 2 nitrogen and oxygen atoms in total. The zero-order chi connectivity index (χ0) is 13.0. The summed E-state index contributed by atoms with van der Waals surface area (Å²) in [6, 6.07) is 2.87. The number of piperazine rings is 1. The van der Waals surface area contributed by atoms with Crippen molar-refractivity contribution in [2.45, 2.75) is 11.3 Å². The van der Waals surface area contributed by atoms with E-state index in [9.17, 15) is 8.78 Å². The Morgan fingerprint density at radius 3 is 2.67 bits per heavy atom. The second-order valence-corrected chi connectivity index (χ2v) is 5.23. The average molecular weight is 272 g/mol. The molecule has 1 aromatic carbocycles. The Bertz CT molecular complexity index is 406. The van der Waals surface area contributed by atoms with E-state index in [-0.39, 0.29) is 5.56 Å². The molecule has 0 aliphatic carbocycles. The third-order valence-corrected chi connectivity index (χ3v) is 4.01. The van der Waals surface area contributed by atoms with Crippen LogP contribution in [0.1, 0.15) is 5.56 Å².